The number of halogens is 1. The second-order valence-electron chi connectivity index (χ2n) is 4.23. The first-order chi connectivity index (χ1) is 9.24. The summed E-state index contributed by atoms with van der Waals surface area (Å²) in [6.45, 7) is 3.45. The van der Waals surface area contributed by atoms with Gasteiger partial charge >= 0.3 is 0 Å². The number of nitrogens with zero attached hydrogens (tertiary/aromatic N) is 2. The number of hydrogen-bond acceptors (Lipinski definition) is 3. The molecular formula is C14H19ClN4O. The lowest BCUT2D eigenvalue weighted by Crippen LogP contribution is -2.14. The van der Waals surface area contributed by atoms with E-state index < -0.39 is 0 Å². The van der Waals surface area contributed by atoms with Gasteiger partial charge in [-0.2, -0.15) is 5.10 Å². The van der Waals surface area contributed by atoms with Gasteiger partial charge in [0.2, 0.25) is 0 Å². The van der Waals surface area contributed by atoms with Gasteiger partial charge in [0.25, 0.3) is 5.91 Å². The normalized spacial score (nSPS) is 9.90. The number of rotatable bonds is 5. The topological polar surface area (TPSA) is 59.0 Å². The lowest BCUT2D eigenvalue weighted by atomic mass is 10.1. The molecule has 1 heterocycles. The Balaban J connectivity index is 0.00000200. The summed E-state index contributed by atoms with van der Waals surface area (Å²) < 4.78 is 1.73. The fourth-order valence-electron chi connectivity index (χ4n) is 1.84. The van der Waals surface area contributed by atoms with Gasteiger partial charge in [-0.05, 0) is 25.6 Å². The minimum Gasteiger partial charge on any atom is -0.322 e. The molecule has 20 heavy (non-hydrogen) atoms. The van der Waals surface area contributed by atoms with E-state index >= 15 is 0 Å². The highest BCUT2D eigenvalue weighted by Crippen LogP contribution is 2.15. The van der Waals surface area contributed by atoms with Gasteiger partial charge < -0.3 is 10.6 Å². The third-order valence-corrected chi connectivity index (χ3v) is 2.85. The molecule has 2 rings (SSSR count). The van der Waals surface area contributed by atoms with Crippen LogP contribution in [0.25, 0.3) is 0 Å². The molecule has 0 aliphatic carbocycles. The van der Waals surface area contributed by atoms with Crippen LogP contribution >= 0.6 is 12.4 Å². The van der Waals surface area contributed by atoms with Crippen molar-refractivity contribution in [3.05, 3.63) is 47.8 Å². The van der Waals surface area contributed by atoms with Crippen LogP contribution < -0.4 is 10.6 Å². The average molecular weight is 295 g/mol. The quantitative estimate of drug-likeness (QED) is 0.889. The van der Waals surface area contributed by atoms with Gasteiger partial charge in [0.15, 0.2) is 0 Å². The monoisotopic (exact) mass is 294 g/mol. The first kappa shape index (κ1) is 16.2. The van der Waals surface area contributed by atoms with E-state index in [1.807, 2.05) is 38.2 Å². The Hall–Kier alpha value is -1.85. The van der Waals surface area contributed by atoms with Gasteiger partial charge in [0.05, 0.1) is 11.8 Å². The Morgan fingerprint density at radius 1 is 1.35 bits per heavy atom. The summed E-state index contributed by atoms with van der Waals surface area (Å²) >= 11 is 0. The molecule has 0 spiro atoms. The van der Waals surface area contributed by atoms with Crippen LogP contribution in [0, 0.1) is 0 Å². The number of amides is 1. The van der Waals surface area contributed by atoms with Crippen LogP contribution in [0.15, 0.2) is 36.7 Å². The summed E-state index contributed by atoms with van der Waals surface area (Å²) in [5.41, 5.74) is 2.45. The van der Waals surface area contributed by atoms with Crippen molar-refractivity contribution in [2.24, 2.45) is 0 Å². The van der Waals surface area contributed by atoms with E-state index in [0.29, 0.717) is 12.1 Å². The van der Waals surface area contributed by atoms with Crippen molar-refractivity contribution in [3.63, 3.8) is 0 Å². The SMILES string of the molecule is CCn1cc(C(=O)Nc2ccccc2CNC)cn1.Cl. The average Bonchev–Trinajstić information content (AvgIpc) is 2.90. The van der Waals surface area contributed by atoms with Crippen LogP contribution in [0.5, 0.6) is 0 Å². The minimum absolute atomic E-state index is 0. The molecule has 108 valence electrons. The lowest BCUT2D eigenvalue weighted by molar-refractivity contribution is 0.102. The molecule has 1 aromatic heterocycles. The van der Waals surface area contributed by atoms with E-state index in [9.17, 15) is 4.79 Å². The lowest BCUT2D eigenvalue weighted by Gasteiger charge is -2.09. The van der Waals surface area contributed by atoms with E-state index in [1.165, 1.54) is 0 Å². The molecular weight excluding hydrogens is 276 g/mol. The molecule has 0 saturated carbocycles. The number of anilines is 1. The molecule has 0 fully saturated rings. The minimum atomic E-state index is -0.136. The smallest absolute Gasteiger partial charge is 0.258 e. The zero-order valence-corrected chi connectivity index (χ0v) is 12.4. The van der Waals surface area contributed by atoms with E-state index in [1.54, 1.807) is 17.1 Å². The highest BCUT2D eigenvalue weighted by molar-refractivity contribution is 6.04. The molecule has 0 atom stereocenters. The Labute approximate surface area is 124 Å². The number of para-hydroxylation sites is 1. The zero-order valence-electron chi connectivity index (χ0n) is 11.6. The summed E-state index contributed by atoms with van der Waals surface area (Å²) in [6, 6.07) is 7.75. The van der Waals surface area contributed by atoms with Crippen molar-refractivity contribution in [2.75, 3.05) is 12.4 Å². The summed E-state index contributed by atoms with van der Waals surface area (Å²) in [4.78, 5) is 12.1. The Bertz CT molecular complexity index is 568. The highest BCUT2D eigenvalue weighted by atomic mass is 35.5. The van der Waals surface area contributed by atoms with Crippen molar-refractivity contribution >= 4 is 24.0 Å². The molecule has 2 aromatic rings. The summed E-state index contributed by atoms with van der Waals surface area (Å²) in [5, 5.41) is 10.1. The number of aryl methyl sites for hydroxylation is 1. The van der Waals surface area contributed by atoms with Gasteiger partial charge in [-0.3, -0.25) is 9.48 Å². The summed E-state index contributed by atoms with van der Waals surface area (Å²) in [5.74, 6) is -0.136. The zero-order chi connectivity index (χ0) is 13.7. The molecule has 0 radical (unpaired) electrons. The molecule has 0 bridgehead atoms. The number of carbonyl (C=O) groups excluding carboxylic acids is 1. The van der Waals surface area contributed by atoms with Crippen molar-refractivity contribution in [2.45, 2.75) is 20.0 Å². The summed E-state index contributed by atoms with van der Waals surface area (Å²) in [7, 11) is 1.88. The van der Waals surface area contributed by atoms with Crippen molar-refractivity contribution < 1.29 is 4.79 Å². The van der Waals surface area contributed by atoms with Crippen LogP contribution in [-0.4, -0.2) is 22.7 Å². The largest absolute Gasteiger partial charge is 0.322 e. The molecule has 0 aliphatic heterocycles. The fraction of sp³-hybridized carbons (Fsp3) is 0.286. The first-order valence-corrected chi connectivity index (χ1v) is 6.31. The second-order valence-corrected chi connectivity index (χ2v) is 4.23. The van der Waals surface area contributed by atoms with Crippen molar-refractivity contribution in [3.8, 4) is 0 Å². The van der Waals surface area contributed by atoms with Gasteiger partial charge in [0, 0.05) is 25.0 Å². The van der Waals surface area contributed by atoms with Gasteiger partial charge in [-0.25, -0.2) is 0 Å². The molecule has 0 unspecified atom stereocenters. The third kappa shape index (κ3) is 3.82. The first-order valence-electron chi connectivity index (χ1n) is 6.31. The maximum atomic E-state index is 12.1. The van der Waals surface area contributed by atoms with Crippen LogP contribution in [0.4, 0.5) is 5.69 Å². The van der Waals surface area contributed by atoms with Crippen LogP contribution in [0.1, 0.15) is 22.8 Å². The fourth-order valence-corrected chi connectivity index (χ4v) is 1.84. The van der Waals surface area contributed by atoms with Crippen LogP contribution in [0.3, 0.4) is 0 Å². The molecule has 2 N–H and O–H groups in total. The molecule has 6 heteroatoms. The second kappa shape index (κ2) is 7.67. The maximum Gasteiger partial charge on any atom is 0.258 e. The van der Waals surface area contributed by atoms with Crippen LogP contribution in [-0.2, 0) is 13.1 Å². The Morgan fingerprint density at radius 3 is 2.75 bits per heavy atom. The number of aromatic nitrogens is 2. The van der Waals surface area contributed by atoms with Crippen LogP contribution in [0.2, 0.25) is 0 Å². The Morgan fingerprint density at radius 2 is 2.10 bits per heavy atom. The van der Waals surface area contributed by atoms with Gasteiger partial charge in [-0.15, -0.1) is 12.4 Å². The number of nitrogens with one attached hydrogen (secondary N) is 2. The van der Waals surface area contributed by atoms with E-state index in [2.05, 4.69) is 15.7 Å². The van der Waals surface area contributed by atoms with Crippen molar-refractivity contribution in [1.29, 1.82) is 0 Å². The van der Waals surface area contributed by atoms with Crippen molar-refractivity contribution in [1.82, 2.24) is 15.1 Å². The predicted octanol–water partition coefficient (Wildman–Crippen LogP) is 2.30. The Kier molecular flexibility index (Phi) is 6.21. The number of hydrogen-bond donors (Lipinski definition) is 2. The third-order valence-electron chi connectivity index (χ3n) is 2.85. The molecule has 0 saturated heterocycles. The number of carbonyl (C=O) groups is 1. The van der Waals surface area contributed by atoms with Gasteiger partial charge in [-0.1, -0.05) is 18.2 Å². The van der Waals surface area contributed by atoms with E-state index in [0.717, 1.165) is 17.8 Å². The molecule has 1 aromatic carbocycles. The molecule has 0 aliphatic rings. The predicted molar refractivity (Wildman–Crippen MR) is 82.3 cm³/mol. The summed E-state index contributed by atoms with van der Waals surface area (Å²) in [6.07, 6.45) is 3.33. The van der Waals surface area contributed by atoms with E-state index in [4.69, 9.17) is 0 Å². The van der Waals surface area contributed by atoms with E-state index in [-0.39, 0.29) is 18.3 Å². The standard InChI is InChI=1S/C14H18N4O.ClH/c1-3-18-10-12(9-16-18)14(19)17-13-7-5-4-6-11(13)8-15-2;/h4-7,9-10,15H,3,8H2,1-2H3,(H,17,19);1H. The highest BCUT2D eigenvalue weighted by Gasteiger charge is 2.10. The van der Waals surface area contributed by atoms with Gasteiger partial charge in [0.1, 0.15) is 0 Å². The maximum absolute atomic E-state index is 12.1. The molecule has 1 amide bonds. The molecule has 5 nitrogen and oxygen atoms in total. The number of benzene rings is 1.